The molecule has 0 radical (unpaired) electrons. The summed E-state index contributed by atoms with van der Waals surface area (Å²) >= 11 is 0. The Morgan fingerprint density at radius 1 is 1.04 bits per heavy atom. The minimum Gasteiger partial charge on any atom is -0.444 e. The molecule has 7 heteroatoms. The lowest BCUT2D eigenvalue weighted by Gasteiger charge is -2.19. The quantitative estimate of drug-likeness (QED) is 0.539. The van der Waals surface area contributed by atoms with Gasteiger partial charge in [-0.15, -0.1) is 0 Å². The Hall–Kier alpha value is -2.83. The summed E-state index contributed by atoms with van der Waals surface area (Å²) in [5, 5.41) is 7.74. The van der Waals surface area contributed by atoms with Crippen molar-refractivity contribution < 1.29 is 19.1 Å². The van der Waals surface area contributed by atoms with Crippen LogP contribution in [0.4, 0.5) is 4.79 Å². The molecule has 1 aromatic carbocycles. The van der Waals surface area contributed by atoms with Crippen LogP contribution in [-0.2, 0) is 9.53 Å². The third-order valence-electron chi connectivity index (χ3n) is 2.92. The first-order chi connectivity index (χ1) is 11.7. The number of rotatable bonds is 6. The minimum absolute atomic E-state index is 0.161. The second-order valence-electron chi connectivity index (χ2n) is 6.25. The van der Waals surface area contributed by atoms with Crippen molar-refractivity contribution in [3.63, 3.8) is 0 Å². The van der Waals surface area contributed by atoms with Gasteiger partial charge < -0.3 is 20.7 Å². The van der Waals surface area contributed by atoms with Gasteiger partial charge in [0.05, 0.1) is 0 Å². The summed E-state index contributed by atoms with van der Waals surface area (Å²) in [7, 11) is 1.57. The van der Waals surface area contributed by atoms with Crippen LogP contribution < -0.4 is 16.0 Å². The van der Waals surface area contributed by atoms with Crippen LogP contribution in [-0.4, -0.2) is 43.6 Å². The van der Waals surface area contributed by atoms with E-state index in [0.717, 1.165) is 5.56 Å². The van der Waals surface area contributed by atoms with Crippen LogP contribution in [0.25, 0.3) is 6.08 Å². The van der Waals surface area contributed by atoms with Gasteiger partial charge >= 0.3 is 6.09 Å². The van der Waals surface area contributed by atoms with Crippen LogP contribution in [0.2, 0.25) is 0 Å². The van der Waals surface area contributed by atoms with Crippen LogP contribution in [0.1, 0.15) is 36.7 Å². The second kappa shape index (κ2) is 9.46. The summed E-state index contributed by atoms with van der Waals surface area (Å²) in [6.45, 7) is 5.90. The number of amides is 3. The summed E-state index contributed by atoms with van der Waals surface area (Å²) in [6.07, 6.45) is 2.51. The van der Waals surface area contributed by atoms with Crippen molar-refractivity contribution in [2.45, 2.75) is 26.4 Å². The van der Waals surface area contributed by atoms with Crippen molar-refractivity contribution in [1.82, 2.24) is 16.0 Å². The second-order valence-corrected chi connectivity index (χ2v) is 6.25. The normalized spacial score (nSPS) is 11.0. The molecule has 0 saturated heterocycles. The van der Waals surface area contributed by atoms with Crippen LogP contribution in [0.3, 0.4) is 0 Å². The van der Waals surface area contributed by atoms with Crippen LogP contribution >= 0.6 is 0 Å². The average molecular weight is 347 g/mol. The third-order valence-corrected chi connectivity index (χ3v) is 2.92. The van der Waals surface area contributed by atoms with Gasteiger partial charge in [-0.3, -0.25) is 9.59 Å². The fourth-order valence-electron chi connectivity index (χ4n) is 1.79. The largest absolute Gasteiger partial charge is 0.444 e. The highest BCUT2D eigenvalue weighted by Gasteiger charge is 2.15. The first-order valence-corrected chi connectivity index (χ1v) is 7.96. The molecule has 0 aliphatic rings. The van der Waals surface area contributed by atoms with Gasteiger partial charge in [-0.25, -0.2) is 4.79 Å². The van der Waals surface area contributed by atoms with E-state index in [2.05, 4.69) is 16.0 Å². The van der Waals surface area contributed by atoms with Gasteiger partial charge in [0.15, 0.2) is 0 Å². The zero-order valence-electron chi connectivity index (χ0n) is 15.0. The van der Waals surface area contributed by atoms with E-state index in [9.17, 15) is 14.4 Å². The molecule has 3 N–H and O–H groups in total. The van der Waals surface area contributed by atoms with Crippen molar-refractivity contribution in [1.29, 1.82) is 0 Å². The van der Waals surface area contributed by atoms with E-state index in [-0.39, 0.29) is 24.9 Å². The SMILES string of the molecule is CNC(=O)c1ccc(C=CC(=O)NCCNC(=O)OC(C)(C)C)cc1. The molecule has 7 nitrogen and oxygen atoms in total. The molecule has 0 atom stereocenters. The Morgan fingerprint density at radius 3 is 2.20 bits per heavy atom. The predicted molar refractivity (Wildman–Crippen MR) is 96.1 cm³/mol. The molecule has 1 aromatic rings. The number of alkyl carbamates (subject to hydrolysis) is 1. The van der Waals surface area contributed by atoms with Gasteiger partial charge in [-0.2, -0.15) is 0 Å². The number of benzene rings is 1. The first-order valence-electron chi connectivity index (χ1n) is 7.96. The molecule has 0 aliphatic carbocycles. The van der Waals surface area contributed by atoms with E-state index < -0.39 is 11.7 Å². The lowest BCUT2D eigenvalue weighted by atomic mass is 10.1. The van der Waals surface area contributed by atoms with Gasteiger partial charge in [0.25, 0.3) is 5.91 Å². The lowest BCUT2D eigenvalue weighted by Crippen LogP contribution is -2.37. The summed E-state index contributed by atoms with van der Waals surface area (Å²) in [5.74, 6) is -0.438. The zero-order valence-corrected chi connectivity index (χ0v) is 15.0. The fraction of sp³-hybridized carbons (Fsp3) is 0.389. The predicted octanol–water partition coefficient (Wildman–Crippen LogP) is 1.70. The number of nitrogens with one attached hydrogen (secondary N) is 3. The molecule has 25 heavy (non-hydrogen) atoms. The van der Waals surface area contributed by atoms with Crippen molar-refractivity contribution in [3.05, 3.63) is 41.5 Å². The lowest BCUT2D eigenvalue weighted by molar-refractivity contribution is -0.116. The highest BCUT2D eigenvalue weighted by Crippen LogP contribution is 2.07. The molecule has 0 heterocycles. The number of hydrogen-bond donors (Lipinski definition) is 3. The maximum atomic E-state index is 11.7. The van der Waals surface area contributed by atoms with E-state index in [4.69, 9.17) is 4.74 Å². The molecule has 0 unspecified atom stereocenters. The van der Waals surface area contributed by atoms with Crippen LogP contribution in [0.5, 0.6) is 0 Å². The van der Waals surface area contributed by atoms with Gasteiger partial charge in [0, 0.05) is 31.8 Å². The summed E-state index contributed by atoms with van der Waals surface area (Å²) in [5.41, 5.74) is 0.802. The molecule has 0 saturated carbocycles. The Balaban J connectivity index is 2.33. The number of hydrogen-bond acceptors (Lipinski definition) is 4. The Kier molecular flexibility index (Phi) is 7.65. The number of carbonyl (C=O) groups is 3. The number of ether oxygens (including phenoxy) is 1. The molecule has 0 aromatic heterocycles. The minimum atomic E-state index is -0.552. The van der Waals surface area contributed by atoms with E-state index in [1.54, 1.807) is 58.2 Å². The highest BCUT2D eigenvalue weighted by molar-refractivity contribution is 5.94. The molecule has 0 fully saturated rings. The first kappa shape index (κ1) is 20.2. The molecule has 136 valence electrons. The van der Waals surface area contributed by atoms with Crippen molar-refractivity contribution in [2.24, 2.45) is 0 Å². The molecule has 1 rings (SSSR count). The molecule has 0 aliphatic heterocycles. The topological polar surface area (TPSA) is 96.5 Å². The average Bonchev–Trinajstić information content (AvgIpc) is 2.55. The smallest absolute Gasteiger partial charge is 0.407 e. The van der Waals surface area contributed by atoms with Crippen molar-refractivity contribution in [2.75, 3.05) is 20.1 Å². The van der Waals surface area contributed by atoms with E-state index in [0.29, 0.717) is 5.56 Å². The molecular weight excluding hydrogens is 322 g/mol. The van der Waals surface area contributed by atoms with E-state index in [1.165, 1.54) is 6.08 Å². The van der Waals surface area contributed by atoms with Crippen LogP contribution in [0.15, 0.2) is 30.3 Å². The van der Waals surface area contributed by atoms with Crippen LogP contribution in [0, 0.1) is 0 Å². The molecular formula is C18H25N3O4. The zero-order chi connectivity index (χ0) is 18.9. The Labute approximate surface area is 147 Å². The maximum Gasteiger partial charge on any atom is 0.407 e. The fourth-order valence-corrected chi connectivity index (χ4v) is 1.79. The Morgan fingerprint density at radius 2 is 1.64 bits per heavy atom. The summed E-state index contributed by atoms with van der Waals surface area (Å²) in [4.78, 5) is 34.6. The maximum absolute atomic E-state index is 11.7. The summed E-state index contributed by atoms with van der Waals surface area (Å²) < 4.78 is 5.08. The van der Waals surface area contributed by atoms with Gasteiger partial charge in [0.2, 0.25) is 5.91 Å². The van der Waals surface area contributed by atoms with Crippen molar-refractivity contribution >= 4 is 24.0 Å². The summed E-state index contributed by atoms with van der Waals surface area (Å²) in [6, 6.07) is 6.86. The number of carbonyl (C=O) groups excluding carboxylic acids is 3. The van der Waals surface area contributed by atoms with Crippen molar-refractivity contribution in [3.8, 4) is 0 Å². The molecule has 3 amide bonds. The van der Waals surface area contributed by atoms with Gasteiger partial charge in [-0.05, 0) is 44.5 Å². The van der Waals surface area contributed by atoms with Gasteiger partial charge in [-0.1, -0.05) is 12.1 Å². The third kappa shape index (κ3) is 8.55. The molecule has 0 spiro atoms. The Bertz CT molecular complexity index is 631. The molecule has 0 bridgehead atoms. The monoisotopic (exact) mass is 347 g/mol. The van der Waals surface area contributed by atoms with E-state index in [1.807, 2.05) is 0 Å². The van der Waals surface area contributed by atoms with Gasteiger partial charge in [0.1, 0.15) is 5.60 Å². The highest BCUT2D eigenvalue weighted by atomic mass is 16.6. The van der Waals surface area contributed by atoms with E-state index >= 15 is 0 Å². The standard InChI is InChI=1S/C18H25N3O4/c1-18(2,3)25-17(24)21-12-11-20-15(22)10-7-13-5-8-14(9-6-13)16(23)19-4/h5-10H,11-12H2,1-4H3,(H,19,23)(H,20,22)(H,21,24).